The molecule has 2 heterocycles. The van der Waals surface area contributed by atoms with Crippen molar-refractivity contribution in [2.45, 2.75) is 52.4 Å². The van der Waals surface area contributed by atoms with Gasteiger partial charge in [-0.3, -0.25) is 4.79 Å². The Hall–Kier alpha value is -2.18. The van der Waals surface area contributed by atoms with Crippen molar-refractivity contribution < 1.29 is 4.79 Å². The quantitative estimate of drug-likeness (QED) is 0.685. The topological polar surface area (TPSA) is 61.4 Å². The molecule has 0 unspecified atom stereocenters. The fourth-order valence-corrected chi connectivity index (χ4v) is 4.99. The van der Waals surface area contributed by atoms with E-state index < -0.39 is 0 Å². The zero-order chi connectivity index (χ0) is 23.6. The highest BCUT2D eigenvalue weighted by molar-refractivity contribution is 6.30. The maximum atomic E-state index is 13.6. The summed E-state index contributed by atoms with van der Waals surface area (Å²) < 4.78 is 0. The molecule has 1 fully saturated rings. The lowest BCUT2D eigenvalue weighted by Crippen LogP contribution is -2.51. The molecule has 7 heteroatoms. The van der Waals surface area contributed by atoms with Crippen LogP contribution in [0.2, 0.25) is 5.02 Å². The standard InChI is InChI=1S/C26H36ClN5O/c1-18-5-10-22-23(18)24(30-17-29-22)31-11-13-32(14-12-31)25(33)21(15-28-16-26(2,3)4)19-6-8-20(27)9-7-19/h6-9,17-18,21,28H,5,10-16H2,1-4H3/t18-,21+/m1/s1. The van der Waals surface area contributed by atoms with E-state index in [0.29, 0.717) is 30.6 Å². The molecule has 1 aliphatic carbocycles. The first-order chi connectivity index (χ1) is 15.7. The lowest BCUT2D eigenvalue weighted by atomic mass is 9.94. The van der Waals surface area contributed by atoms with Crippen LogP contribution in [0.1, 0.15) is 62.8 Å². The van der Waals surface area contributed by atoms with Gasteiger partial charge in [-0.05, 0) is 41.9 Å². The molecule has 1 saturated heterocycles. The van der Waals surface area contributed by atoms with Crippen molar-refractivity contribution in [1.82, 2.24) is 20.2 Å². The van der Waals surface area contributed by atoms with Crippen LogP contribution in [0.3, 0.4) is 0 Å². The van der Waals surface area contributed by atoms with Gasteiger partial charge in [0.15, 0.2) is 0 Å². The first kappa shape index (κ1) is 24.0. The third-order valence-corrected chi connectivity index (χ3v) is 6.97. The van der Waals surface area contributed by atoms with Gasteiger partial charge in [0.05, 0.1) is 5.92 Å². The van der Waals surface area contributed by atoms with Gasteiger partial charge in [-0.25, -0.2) is 9.97 Å². The highest BCUT2D eigenvalue weighted by Crippen LogP contribution is 2.37. The zero-order valence-corrected chi connectivity index (χ0v) is 21.0. The van der Waals surface area contributed by atoms with Crippen molar-refractivity contribution in [3.05, 3.63) is 52.4 Å². The summed E-state index contributed by atoms with van der Waals surface area (Å²) in [5.74, 6) is 1.52. The molecule has 33 heavy (non-hydrogen) atoms. The first-order valence-electron chi connectivity index (χ1n) is 12.1. The molecule has 1 aliphatic heterocycles. The van der Waals surface area contributed by atoms with E-state index in [-0.39, 0.29) is 17.2 Å². The Labute approximate surface area is 202 Å². The van der Waals surface area contributed by atoms with Crippen molar-refractivity contribution in [2.24, 2.45) is 5.41 Å². The Morgan fingerprint density at radius 3 is 2.52 bits per heavy atom. The van der Waals surface area contributed by atoms with Crippen LogP contribution in [-0.2, 0) is 11.2 Å². The van der Waals surface area contributed by atoms with Crippen LogP contribution in [-0.4, -0.2) is 60.0 Å². The second-order valence-electron chi connectivity index (χ2n) is 10.6. The molecule has 1 aromatic carbocycles. The van der Waals surface area contributed by atoms with E-state index >= 15 is 0 Å². The molecule has 6 nitrogen and oxygen atoms in total. The highest BCUT2D eigenvalue weighted by atomic mass is 35.5. The molecular weight excluding hydrogens is 434 g/mol. The van der Waals surface area contributed by atoms with Gasteiger partial charge in [-0.1, -0.05) is 51.4 Å². The summed E-state index contributed by atoms with van der Waals surface area (Å²) in [4.78, 5) is 27.1. The number of aromatic nitrogens is 2. The highest BCUT2D eigenvalue weighted by Gasteiger charge is 2.32. The summed E-state index contributed by atoms with van der Waals surface area (Å²) in [6, 6.07) is 7.70. The summed E-state index contributed by atoms with van der Waals surface area (Å²) in [6.45, 7) is 13.3. The van der Waals surface area contributed by atoms with Crippen LogP contribution in [0.25, 0.3) is 0 Å². The number of nitrogens with one attached hydrogen (secondary N) is 1. The average molecular weight is 470 g/mol. The maximum absolute atomic E-state index is 13.6. The smallest absolute Gasteiger partial charge is 0.231 e. The molecule has 1 amide bonds. The molecule has 178 valence electrons. The second kappa shape index (κ2) is 9.98. The third kappa shape index (κ3) is 5.67. The van der Waals surface area contributed by atoms with Crippen molar-refractivity contribution >= 4 is 23.3 Å². The van der Waals surface area contributed by atoms with Gasteiger partial charge in [0.1, 0.15) is 12.1 Å². The van der Waals surface area contributed by atoms with Crippen molar-refractivity contribution in [1.29, 1.82) is 0 Å². The van der Waals surface area contributed by atoms with Crippen molar-refractivity contribution in [3.63, 3.8) is 0 Å². The van der Waals surface area contributed by atoms with Crippen LogP contribution in [0.5, 0.6) is 0 Å². The Kier molecular flexibility index (Phi) is 7.25. The normalized spacial score (nSPS) is 19.5. The van der Waals surface area contributed by atoms with E-state index in [9.17, 15) is 4.79 Å². The average Bonchev–Trinajstić information content (AvgIpc) is 3.18. The van der Waals surface area contributed by atoms with Gasteiger partial charge in [0, 0.05) is 55.5 Å². The van der Waals surface area contributed by atoms with Crippen LogP contribution >= 0.6 is 11.6 Å². The monoisotopic (exact) mass is 469 g/mol. The number of hydrogen-bond acceptors (Lipinski definition) is 5. The predicted molar refractivity (Wildman–Crippen MR) is 134 cm³/mol. The summed E-state index contributed by atoms with van der Waals surface area (Å²) in [7, 11) is 0. The van der Waals surface area contributed by atoms with E-state index in [2.05, 4.69) is 47.9 Å². The van der Waals surface area contributed by atoms with Gasteiger partial charge in [-0.2, -0.15) is 0 Å². The van der Waals surface area contributed by atoms with E-state index in [0.717, 1.165) is 43.9 Å². The van der Waals surface area contributed by atoms with Gasteiger partial charge < -0.3 is 15.1 Å². The molecular formula is C26H36ClN5O. The number of piperazine rings is 1. The largest absolute Gasteiger partial charge is 0.353 e. The van der Waals surface area contributed by atoms with E-state index in [1.54, 1.807) is 6.33 Å². The zero-order valence-electron chi connectivity index (χ0n) is 20.3. The lowest BCUT2D eigenvalue weighted by molar-refractivity contribution is -0.133. The first-order valence-corrected chi connectivity index (χ1v) is 12.4. The molecule has 4 rings (SSSR count). The number of anilines is 1. The minimum Gasteiger partial charge on any atom is -0.353 e. The number of nitrogens with zero attached hydrogens (tertiary/aromatic N) is 4. The van der Waals surface area contributed by atoms with Crippen LogP contribution in [0, 0.1) is 5.41 Å². The van der Waals surface area contributed by atoms with Gasteiger partial charge in [0.2, 0.25) is 5.91 Å². The maximum Gasteiger partial charge on any atom is 0.231 e. The fourth-order valence-electron chi connectivity index (χ4n) is 4.87. The van der Waals surface area contributed by atoms with E-state index in [1.807, 2.05) is 29.2 Å². The molecule has 1 aromatic heterocycles. The number of benzene rings is 1. The van der Waals surface area contributed by atoms with Crippen LogP contribution in [0.15, 0.2) is 30.6 Å². The van der Waals surface area contributed by atoms with Gasteiger partial charge >= 0.3 is 0 Å². The number of aryl methyl sites for hydroxylation is 1. The van der Waals surface area contributed by atoms with Crippen molar-refractivity contribution in [3.8, 4) is 0 Å². The molecule has 0 bridgehead atoms. The Morgan fingerprint density at radius 1 is 1.15 bits per heavy atom. The number of carbonyl (C=O) groups is 1. The number of rotatable bonds is 6. The Bertz CT molecular complexity index is 964. The summed E-state index contributed by atoms with van der Waals surface area (Å²) in [6.07, 6.45) is 3.87. The number of carbonyl (C=O) groups excluding carboxylic acids is 1. The minimum atomic E-state index is -0.223. The summed E-state index contributed by atoms with van der Waals surface area (Å²) in [5, 5.41) is 4.21. The van der Waals surface area contributed by atoms with E-state index in [4.69, 9.17) is 11.6 Å². The molecule has 2 aromatic rings. The molecule has 0 radical (unpaired) electrons. The van der Waals surface area contributed by atoms with Crippen LogP contribution in [0.4, 0.5) is 5.82 Å². The molecule has 2 aliphatic rings. The number of halogens is 1. The van der Waals surface area contributed by atoms with Gasteiger partial charge in [-0.15, -0.1) is 0 Å². The Morgan fingerprint density at radius 2 is 1.85 bits per heavy atom. The molecule has 2 atom stereocenters. The van der Waals surface area contributed by atoms with E-state index in [1.165, 1.54) is 11.3 Å². The fraction of sp³-hybridized carbons (Fsp3) is 0.577. The molecule has 1 N–H and O–H groups in total. The number of fused-ring (bicyclic) bond motifs is 1. The molecule has 0 saturated carbocycles. The molecule has 0 spiro atoms. The lowest BCUT2D eigenvalue weighted by Gasteiger charge is -2.38. The second-order valence-corrected chi connectivity index (χ2v) is 11.0. The summed E-state index contributed by atoms with van der Waals surface area (Å²) in [5.41, 5.74) is 3.67. The third-order valence-electron chi connectivity index (χ3n) is 6.72. The summed E-state index contributed by atoms with van der Waals surface area (Å²) >= 11 is 6.11. The van der Waals surface area contributed by atoms with Crippen LogP contribution < -0.4 is 10.2 Å². The number of amides is 1. The number of hydrogen-bond donors (Lipinski definition) is 1. The Balaban J connectivity index is 1.45. The van der Waals surface area contributed by atoms with Crippen molar-refractivity contribution in [2.75, 3.05) is 44.2 Å². The minimum absolute atomic E-state index is 0.161. The predicted octanol–water partition coefficient (Wildman–Crippen LogP) is 4.25. The van der Waals surface area contributed by atoms with Gasteiger partial charge in [0.25, 0.3) is 0 Å². The SMILES string of the molecule is C[C@@H]1CCc2ncnc(N3CCN(C(=O)[C@@H](CNCC(C)(C)C)c4ccc(Cl)cc4)CC3)c21.